The summed E-state index contributed by atoms with van der Waals surface area (Å²) in [5.74, 6) is 46.7. The van der Waals surface area contributed by atoms with Gasteiger partial charge in [0, 0.05) is 0 Å². The molecule has 87 rings (SSSR count). The van der Waals surface area contributed by atoms with E-state index in [0.717, 1.165) is 195 Å². The van der Waals surface area contributed by atoms with E-state index in [9.17, 15) is 0 Å². The molecule has 0 aliphatic heterocycles. The predicted molar refractivity (Wildman–Crippen MR) is 328 cm³/mol. The van der Waals surface area contributed by atoms with Gasteiger partial charge in [0.15, 0.2) is 0 Å². The van der Waals surface area contributed by atoms with E-state index in [4.69, 9.17) is 0 Å². The molecule has 87 fully saturated rings. The summed E-state index contributed by atoms with van der Waals surface area (Å²) in [5.41, 5.74) is 81.1. The highest BCUT2D eigenvalue weighted by Gasteiger charge is 3.92. The third-order valence-electron chi connectivity index (χ3n) is 103. The van der Waals surface area contributed by atoms with E-state index in [0.29, 0.717) is 0 Å². The highest BCUT2D eigenvalue weighted by molar-refractivity contribution is 6.95. The van der Waals surface area contributed by atoms with Crippen LogP contribution in [-0.4, -0.2) is 0 Å². The van der Waals surface area contributed by atoms with Gasteiger partial charge in [-0.3, -0.25) is 0 Å². The van der Waals surface area contributed by atoms with Crippen LogP contribution in [0.2, 0.25) is 0 Å². The summed E-state index contributed by atoms with van der Waals surface area (Å²) >= 11 is 0. The molecule has 0 heteroatoms. The number of rotatable bonds is 0. The van der Waals surface area contributed by atoms with Gasteiger partial charge in [0.05, 0.1) is 0 Å². The molecule has 107 heavy (non-hydrogen) atoms. The van der Waals surface area contributed by atoms with Crippen molar-refractivity contribution in [1.29, 1.82) is 0 Å². The van der Waals surface area contributed by atoms with Crippen LogP contribution >= 0.6 is 0 Å². The van der Waals surface area contributed by atoms with Gasteiger partial charge < -0.3 is 0 Å². The van der Waals surface area contributed by atoms with E-state index in [1.807, 2.05) is 32.1 Å². The van der Waals surface area contributed by atoms with E-state index in [1.165, 1.54) is 373 Å². The second-order valence-corrected chi connectivity index (χ2v) is 73.3. The number of fused-ring (bicyclic) bond motifs is 28. The number of hydrogen-bond acceptors (Lipinski definition) is 0. The maximum atomic E-state index is 2.02. The van der Waals surface area contributed by atoms with Crippen molar-refractivity contribution >= 4 is 0 Å². The third kappa shape index (κ3) is 0.558. The van der Waals surface area contributed by atoms with Crippen LogP contribution < -0.4 is 0 Å². The van der Waals surface area contributed by atoms with Gasteiger partial charge in [-0.25, -0.2) is 0 Å². The highest BCUT2D eigenvalue weighted by Crippen LogP contribution is 3.97. The van der Waals surface area contributed by atoms with Crippen LogP contribution in [0.3, 0.4) is 0 Å². The van der Waals surface area contributed by atoms with Crippen LogP contribution in [0.15, 0.2) is 0 Å². The molecule has 0 aromatic rings. The maximum Gasteiger partial charge on any atom is -0.000000409 e. The Morgan fingerprint density at radius 1 is 0.103 bits per heavy atom. The molecule has 0 amide bonds. The lowest BCUT2D eigenvalue weighted by atomic mass is 8.17. The molecule has 0 aromatic carbocycles. The Morgan fingerprint density at radius 3 is 0.439 bits per heavy atom. The Hall–Kier alpha value is 0. The van der Waals surface area contributed by atoms with Crippen LogP contribution in [0.4, 0.5) is 0 Å². The minimum atomic E-state index is 1.06. The zero-order valence-electron chi connectivity index (χ0n) is 57.0. The summed E-state index contributed by atoms with van der Waals surface area (Å²) in [6, 6.07) is 0. The van der Waals surface area contributed by atoms with Crippen molar-refractivity contribution in [2.45, 2.75) is 32.1 Å². The fraction of sp³-hybridized carbons (Fsp3) is 1.00. The van der Waals surface area contributed by atoms with Crippen molar-refractivity contribution in [1.82, 2.24) is 0 Å². The first-order valence-electron chi connectivity index (χ1n) is 53.3. The van der Waals surface area contributed by atoms with Crippen molar-refractivity contribution in [2.24, 2.45) is 417 Å². The van der Waals surface area contributed by atoms with Crippen molar-refractivity contribution in [3.63, 3.8) is 0 Å². The Labute approximate surface area is 596 Å². The van der Waals surface area contributed by atoms with Gasteiger partial charge in [-0.05, 0) is 601 Å². The summed E-state index contributed by atoms with van der Waals surface area (Å²) in [7, 11) is 0. The van der Waals surface area contributed by atoms with E-state index in [1.54, 1.807) is 0 Å². The largest absolute Gasteiger partial charge is 0.0458 e. The zero-order valence-corrected chi connectivity index (χ0v) is 57.0. The predicted octanol–water partition coefficient (Wildman–Crippen LogP) is 8.16. The molecule has 0 saturated heterocycles. The molecule has 102 atom stereocenters. The molecule has 102 unspecified atom stereocenters. The smallest absolute Gasteiger partial charge is 0.000000409 e. The molecule has 0 radical (unpaired) electrons. The summed E-state index contributed by atoms with van der Waals surface area (Å²) in [5, 5.41) is 0. The number of hydrogen-bond donors (Lipinski definition) is 0. The van der Waals surface area contributed by atoms with Crippen molar-refractivity contribution < 1.29 is 0 Å². The quantitative estimate of drug-likeness (QED) is 0.230. The third-order valence-corrected chi connectivity index (χ3v) is 103. The maximum absolute atomic E-state index is 2.02. The highest BCUT2D eigenvalue weighted by atomic mass is 15.9. The molecule has 70 spiro atoms. The normalized spacial score (nSPS) is 159. The lowest BCUT2D eigenvalue weighted by Gasteiger charge is -3.84. The molecule has 0 aromatic heterocycles. The van der Waals surface area contributed by atoms with Gasteiger partial charge in [0.1, 0.15) is 0 Å². The van der Waals surface area contributed by atoms with Crippen molar-refractivity contribution in [3.8, 4) is 0 Å². The van der Waals surface area contributed by atoms with Crippen LogP contribution in [0.5, 0.6) is 0 Å². The van der Waals surface area contributed by atoms with Crippen molar-refractivity contribution in [3.05, 3.63) is 152 Å². The van der Waals surface area contributed by atoms with E-state index in [-0.39, 0.29) is 0 Å². The molecular formula is C107H42. The summed E-state index contributed by atoms with van der Waals surface area (Å²) in [6.45, 7) is 0. The van der Waals surface area contributed by atoms with E-state index < -0.39 is 0 Å². The van der Waals surface area contributed by atoms with Gasteiger partial charge >= 0.3 is 0 Å². The van der Waals surface area contributed by atoms with Crippen LogP contribution in [0.1, 0.15) is 32.1 Å². The van der Waals surface area contributed by atoms with E-state index in [2.05, 4.69) is 0 Å². The second-order valence-electron chi connectivity index (χ2n) is 73.3. The minimum Gasteiger partial charge on any atom is -0.0458 e. The molecule has 0 heterocycles. The average molecular weight is 1330 g/mol. The van der Waals surface area contributed by atoms with Gasteiger partial charge in [0.2, 0.25) is 0 Å². The molecule has 87 aliphatic rings. The fourth-order valence-electron chi connectivity index (χ4n) is 138. The standard InChI is InChI=1S/C107H42/c1-6-14-22-28-20-12-4-38-5-13-21-29-34-35-31-25-17-10-2-7-15-23-30-24-16-8-3-11-19-27-33-37-36-32-26-18-9(1)39(6)44(14)52(22)58(28)50(20)42(12,38)68-43(13,38)51(21)59(29)64(34)65(35)61(31)55(25)48(17)40(7,10)45(15)53(23)60(30)54(24)46(16)41(8,11)49(19)57(27)63(33)67(37)66(36)62(32)56(26)47(18,39)69(44)74(52)80(58)72(50,68)90-73(51,68)82(59)86(64)87(65)83(61)78(55)70(45,48)75(53)81(60)76(54)71(46,49)79(57)85(63)89(67)88(66)84(62)77(56,69)91(74)94(80,90)104-96(82,90)100(86)101(87)98(83)92(75,78)95(81)93(76,79)99(85)103(89)102(88,97(84,91)104)106(100,104)107(101,103)105(95,98)99/h6-37H,1-5H2. The summed E-state index contributed by atoms with van der Waals surface area (Å²) in [4.78, 5) is 0. The first-order valence-corrected chi connectivity index (χ1v) is 53.3. The van der Waals surface area contributed by atoms with Gasteiger partial charge in [-0.15, -0.1) is 0 Å². The second kappa shape index (κ2) is 4.31. The Bertz CT molecular complexity index is 9290. The lowest BCUT2D eigenvalue weighted by molar-refractivity contribution is -1.17. The summed E-state index contributed by atoms with van der Waals surface area (Å²) in [6.07, 6.45) is 9.88. The monoisotopic (exact) mass is 1330 g/mol. The average Bonchev–Trinajstić information content (AvgIpc) is 0.390. The first kappa shape index (κ1) is 32.3. The molecule has 87 saturated carbocycles. The topological polar surface area (TPSA) is 0 Å². The van der Waals surface area contributed by atoms with Gasteiger partial charge in [-0.1, -0.05) is 0 Å². The minimum absolute atomic E-state index is 1.06. The van der Waals surface area contributed by atoms with Crippen LogP contribution in [0, 0.1) is 568 Å². The Balaban J connectivity index is 0.599. The van der Waals surface area contributed by atoms with E-state index >= 15 is 0 Å². The van der Waals surface area contributed by atoms with Crippen LogP contribution in [0.25, 0.3) is 0 Å². The molecule has 0 N–H and O–H groups in total. The SMILES string of the molecule is C1C2C3C4C5C6C7CC89CC%10C%11C%12C%13C%14C%15C%16C%17C%18CC%19C%20C%21C%22C%23C%24C%25CC%26C%27C%28C%29C%30C%31C%32C%33C%34C1C21C32C43C54C65C78C67C%109C%118C%129C%13%10C%14%11C%15%12C%16%13C%17%14C%19%18C%20%15C%21%16C%22%17C%23%18C%24%19C%25%26C%27%20C%28%21C%29%22C%30%23C%31%24C%32%25C%33%26C%341C21C32C43C56C45C87C96C%107C%118C%129C%13%10C%15%14C%16%11C%17%12C%18%13C%19%20C%21%14C%22%15C%23%16C%24%17C%25%18C%261C21C34C23C65C74C85C96C%11%10C%127C%13%14C%158C%169C%17(C%1812)C43C59C768. The van der Waals surface area contributed by atoms with Crippen molar-refractivity contribution in [2.75, 3.05) is 0 Å². The molecule has 0 nitrogen and oxygen atoms in total. The first-order chi connectivity index (χ1) is 53.3. The molecule has 87 aliphatic carbocycles. The van der Waals surface area contributed by atoms with Crippen LogP contribution in [-0.2, 0) is 0 Å². The molecule has 0 bridgehead atoms. The fourth-order valence-corrected chi connectivity index (χ4v) is 138. The zero-order chi connectivity index (χ0) is 57.0. The molecule has 470 valence electrons. The Kier molecular flexibility index (Phi) is 1.30. The molecular weight excluding hydrogens is 1290 g/mol. The lowest BCUT2D eigenvalue weighted by Crippen LogP contribution is -3.80. The Morgan fingerprint density at radius 2 is 0.234 bits per heavy atom. The van der Waals surface area contributed by atoms with Gasteiger partial charge in [0.25, 0.3) is 0 Å². The summed E-state index contributed by atoms with van der Waals surface area (Å²) < 4.78 is 0. The van der Waals surface area contributed by atoms with Gasteiger partial charge in [-0.2, -0.15) is 0 Å².